The van der Waals surface area contributed by atoms with E-state index >= 15 is 0 Å². The lowest BCUT2D eigenvalue weighted by Crippen LogP contribution is -2.24. The number of carbonyl (C=O) groups excluding carboxylic acids is 1. The van der Waals surface area contributed by atoms with Gasteiger partial charge in [-0.1, -0.05) is 18.2 Å². The summed E-state index contributed by atoms with van der Waals surface area (Å²) < 4.78 is 0. The first-order valence-electron chi connectivity index (χ1n) is 6.02. The van der Waals surface area contributed by atoms with Gasteiger partial charge in [-0.3, -0.25) is 9.78 Å². The van der Waals surface area contributed by atoms with Crippen LogP contribution in [0.15, 0.2) is 36.5 Å². The summed E-state index contributed by atoms with van der Waals surface area (Å²) in [6.45, 7) is 1.39. The number of hydrogen-bond acceptors (Lipinski definition) is 3. The minimum absolute atomic E-state index is 0.172. The molecular formula is C14H14N2OS. The number of pyridine rings is 1. The van der Waals surface area contributed by atoms with E-state index in [-0.39, 0.29) is 11.2 Å². The van der Waals surface area contributed by atoms with Crippen LogP contribution in [0, 0.1) is 0 Å². The molecule has 1 saturated heterocycles. The highest BCUT2D eigenvalue weighted by Crippen LogP contribution is 2.22. The van der Waals surface area contributed by atoms with Crippen molar-refractivity contribution in [1.82, 2.24) is 9.88 Å². The highest BCUT2D eigenvalue weighted by atomic mass is 32.1. The number of fused-ring (bicyclic) bond motifs is 1. The maximum atomic E-state index is 11.8. The van der Waals surface area contributed by atoms with E-state index in [0.717, 1.165) is 23.0 Å². The predicted molar refractivity (Wildman–Crippen MR) is 74.6 cm³/mol. The zero-order chi connectivity index (χ0) is 12.5. The smallest absolute Gasteiger partial charge is 0.224 e. The van der Waals surface area contributed by atoms with Gasteiger partial charge in [-0.2, -0.15) is 12.6 Å². The van der Waals surface area contributed by atoms with Crippen LogP contribution in [0.25, 0.3) is 10.9 Å². The number of carbonyl (C=O) groups is 1. The van der Waals surface area contributed by atoms with E-state index in [4.69, 9.17) is 0 Å². The lowest BCUT2D eigenvalue weighted by molar-refractivity contribution is -0.128. The largest absolute Gasteiger partial charge is 0.337 e. The molecule has 1 unspecified atom stereocenters. The standard InChI is InChI=1S/C14H14N2OS/c17-14-7-11(18)9-16(14)8-10-5-6-15-13-4-2-1-3-12(10)13/h1-6,11,18H,7-9H2. The average Bonchev–Trinajstić information content (AvgIpc) is 2.68. The molecule has 1 amide bonds. The maximum Gasteiger partial charge on any atom is 0.224 e. The fourth-order valence-corrected chi connectivity index (χ4v) is 2.76. The normalized spacial score (nSPS) is 19.7. The Labute approximate surface area is 111 Å². The Morgan fingerprint density at radius 3 is 2.94 bits per heavy atom. The number of nitrogens with zero attached hydrogens (tertiary/aromatic N) is 2. The summed E-state index contributed by atoms with van der Waals surface area (Å²) in [4.78, 5) is 18.0. The van der Waals surface area contributed by atoms with E-state index in [2.05, 4.69) is 23.7 Å². The van der Waals surface area contributed by atoms with Crippen LogP contribution in [0.2, 0.25) is 0 Å². The first-order chi connectivity index (χ1) is 8.74. The lowest BCUT2D eigenvalue weighted by Gasteiger charge is -2.17. The van der Waals surface area contributed by atoms with Gasteiger partial charge in [-0.05, 0) is 17.7 Å². The fourth-order valence-electron chi connectivity index (χ4n) is 2.40. The number of thiol groups is 1. The first kappa shape index (κ1) is 11.5. The zero-order valence-corrected chi connectivity index (χ0v) is 10.8. The molecule has 1 aromatic heterocycles. The second-order valence-corrected chi connectivity index (χ2v) is 5.35. The molecule has 18 heavy (non-hydrogen) atoms. The predicted octanol–water partition coefficient (Wildman–Crippen LogP) is 2.27. The topological polar surface area (TPSA) is 33.2 Å². The van der Waals surface area contributed by atoms with Gasteiger partial charge in [-0.25, -0.2) is 0 Å². The van der Waals surface area contributed by atoms with Crippen molar-refractivity contribution in [2.24, 2.45) is 0 Å². The van der Waals surface area contributed by atoms with Gasteiger partial charge in [0.05, 0.1) is 5.52 Å². The Morgan fingerprint density at radius 1 is 1.33 bits per heavy atom. The second-order valence-electron chi connectivity index (χ2n) is 4.62. The van der Waals surface area contributed by atoms with Crippen LogP contribution in [0.3, 0.4) is 0 Å². The summed E-state index contributed by atoms with van der Waals surface area (Å²) in [7, 11) is 0. The minimum Gasteiger partial charge on any atom is -0.337 e. The van der Waals surface area contributed by atoms with Gasteiger partial charge < -0.3 is 4.90 Å². The number of rotatable bonds is 2. The van der Waals surface area contributed by atoms with Crippen molar-refractivity contribution >= 4 is 29.4 Å². The van der Waals surface area contributed by atoms with Crippen LogP contribution in [-0.2, 0) is 11.3 Å². The molecule has 0 bridgehead atoms. The SMILES string of the molecule is O=C1CC(S)CN1Cc1ccnc2ccccc12. The summed E-state index contributed by atoms with van der Waals surface area (Å²) in [6.07, 6.45) is 2.35. The van der Waals surface area contributed by atoms with Gasteiger partial charge >= 0.3 is 0 Å². The minimum atomic E-state index is 0.172. The summed E-state index contributed by atoms with van der Waals surface area (Å²) in [5, 5.41) is 1.29. The van der Waals surface area contributed by atoms with Crippen LogP contribution in [0.5, 0.6) is 0 Å². The molecule has 3 rings (SSSR count). The molecule has 1 atom stereocenters. The third kappa shape index (κ3) is 2.08. The molecule has 1 aliphatic rings. The Bertz CT molecular complexity index is 594. The molecule has 1 aliphatic heterocycles. The molecule has 0 saturated carbocycles. The monoisotopic (exact) mass is 258 g/mol. The van der Waals surface area contributed by atoms with Crippen LogP contribution in [0.4, 0.5) is 0 Å². The van der Waals surface area contributed by atoms with Crippen LogP contribution in [0.1, 0.15) is 12.0 Å². The average molecular weight is 258 g/mol. The Hall–Kier alpha value is -1.55. The summed E-state index contributed by atoms with van der Waals surface area (Å²) in [6, 6.07) is 10.0. The van der Waals surface area contributed by atoms with Crippen LogP contribution >= 0.6 is 12.6 Å². The molecule has 92 valence electrons. The van der Waals surface area contributed by atoms with E-state index < -0.39 is 0 Å². The number of benzene rings is 1. The van der Waals surface area contributed by atoms with Gasteiger partial charge in [-0.15, -0.1) is 0 Å². The number of para-hydroxylation sites is 1. The third-order valence-corrected chi connectivity index (χ3v) is 3.64. The number of amides is 1. The van der Waals surface area contributed by atoms with Crippen LogP contribution in [-0.4, -0.2) is 27.6 Å². The Kier molecular flexibility index (Phi) is 2.96. The van der Waals surface area contributed by atoms with Crippen molar-refractivity contribution in [2.45, 2.75) is 18.2 Å². The molecular weight excluding hydrogens is 244 g/mol. The number of aromatic nitrogens is 1. The van der Waals surface area contributed by atoms with Gasteiger partial charge in [0.25, 0.3) is 0 Å². The first-order valence-corrected chi connectivity index (χ1v) is 6.54. The third-order valence-electron chi connectivity index (χ3n) is 3.29. The molecule has 0 aliphatic carbocycles. The summed E-state index contributed by atoms with van der Waals surface area (Å²) in [5.41, 5.74) is 2.13. The molecule has 4 heteroatoms. The van der Waals surface area contributed by atoms with E-state index in [9.17, 15) is 4.79 Å². The Balaban J connectivity index is 1.93. The number of likely N-dealkylation sites (tertiary alicyclic amines) is 1. The van der Waals surface area contributed by atoms with Gasteiger partial charge in [0.2, 0.25) is 5.91 Å². The molecule has 2 aromatic rings. The molecule has 3 nitrogen and oxygen atoms in total. The quantitative estimate of drug-likeness (QED) is 0.838. The van der Waals surface area contributed by atoms with Gasteiger partial charge in [0.15, 0.2) is 0 Å². The van der Waals surface area contributed by atoms with Gasteiger partial charge in [0.1, 0.15) is 0 Å². The van der Waals surface area contributed by atoms with E-state index in [0.29, 0.717) is 13.0 Å². The van der Waals surface area contributed by atoms with Crippen molar-refractivity contribution in [1.29, 1.82) is 0 Å². The highest BCUT2D eigenvalue weighted by molar-refractivity contribution is 7.81. The van der Waals surface area contributed by atoms with Gasteiger partial charge in [0, 0.05) is 36.3 Å². The lowest BCUT2D eigenvalue weighted by atomic mass is 10.1. The van der Waals surface area contributed by atoms with Crippen molar-refractivity contribution < 1.29 is 4.79 Å². The van der Waals surface area contributed by atoms with E-state index in [1.54, 1.807) is 6.20 Å². The van der Waals surface area contributed by atoms with Crippen molar-refractivity contribution in [3.05, 3.63) is 42.1 Å². The summed E-state index contributed by atoms with van der Waals surface area (Å²) >= 11 is 4.38. The Morgan fingerprint density at radius 2 is 2.17 bits per heavy atom. The molecule has 1 aromatic carbocycles. The highest BCUT2D eigenvalue weighted by Gasteiger charge is 2.27. The molecule has 0 N–H and O–H groups in total. The van der Waals surface area contributed by atoms with Crippen molar-refractivity contribution in [2.75, 3.05) is 6.54 Å². The zero-order valence-electron chi connectivity index (χ0n) is 9.91. The van der Waals surface area contributed by atoms with Crippen LogP contribution < -0.4 is 0 Å². The van der Waals surface area contributed by atoms with E-state index in [1.807, 2.05) is 29.2 Å². The number of hydrogen-bond donors (Lipinski definition) is 1. The molecule has 2 heterocycles. The maximum absolute atomic E-state index is 11.8. The molecule has 0 spiro atoms. The van der Waals surface area contributed by atoms with Crippen molar-refractivity contribution in [3.63, 3.8) is 0 Å². The summed E-state index contributed by atoms with van der Waals surface area (Å²) in [5.74, 6) is 0.191. The van der Waals surface area contributed by atoms with E-state index in [1.165, 1.54) is 0 Å². The van der Waals surface area contributed by atoms with Crippen molar-refractivity contribution in [3.8, 4) is 0 Å². The molecule has 1 fully saturated rings. The molecule has 0 radical (unpaired) electrons. The second kappa shape index (κ2) is 4.61. The fraction of sp³-hybridized carbons (Fsp3) is 0.286.